The van der Waals surface area contributed by atoms with Gasteiger partial charge in [0.25, 0.3) is 11.9 Å². The summed E-state index contributed by atoms with van der Waals surface area (Å²) in [6.07, 6.45) is 6.56. The molecule has 1 radical (unpaired) electrons. The summed E-state index contributed by atoms with van der Waals surface area (Å²) in [6, 6.07) is -0.425. The Morgan fingerprint density at radius 3 is 2.10 bits per heavy atom. The van der Waals surface area contributed by atoms with E-state index < -0.39 is 17.9 Å². The minimum absolute atomic E-state index is 0. The van der Waals surface area contributed by atoms with Gasteiger partial charge in [0.15, 0.2) is 0 Å². The van der Waals surface area contributed by atoms with Gasteiger partial charge in [-0.05, 0) is 12.8 Å². The van der Waals surface area contributed by atoms with Gasteiger partial charge in [-0.1, -0.05) is 12.8 Å². The van der Waals surface area contributed by atoms with E-state index in [9.17, 15) is 19.5 Å². The van der Waals surface area contributed by atoms with Crippen LogP contribution in [0.25, 0.3) is 0 Å². The molecule has 1 fully saturated rings. The number of aromatic nitrogens is 2. The number of carboxylic acids is 1. The van der Waals surface area contributed by atoms with Crippen LogP contribution in [0, 0.1) is 14.2 Å². The number of esters is 2. The van der Waals surface area contributed by atoms with Gasteiger partial charge < -0.3 is 19.6 Å². The molecule has 2 atom stereocenters. The number of nitrogens with one attached hydrogen (secondary N) is 1. The van der Waals surface area contributed by atoms with E-state index in [4.69, 9.17) is 0 Å². The molecule has 163 valence electrons. The molecule has 1 unspecified atom stereocenters. The monoisotopic (exact) mass is 449 g/mol. The summed E-state index contributed by atoms with van der Waals surface area (Å²) in [6.45, 7) is -0.175. The van der Waals surface area contributed by atoms with E-state index >= 15 is 0 Å². The van der Waals surface area contributed by atoms with Crippen LogP contribution >= 0.6 is 0 Å². The molecule has 2 rings (SSSR count). The predicted octanol–water partition coefficient (Wildman–Crippen LogP) is 0.577. The van der Waals surface area contributed by atoms with Crippen LogP contribution in [0.2, 0.25) is 0 Å². The Kier molecular flexibility index (Phi) is 10.9. The average molecular weight is 449 g/mol. The average Bonchev–Trinajstić information content (AvgIpc) is 3.19. The van der Waals surface area contributed by atoms with Crippen molar-refractivity contribution in [3.8, 4) is 0 Å². The zero-order valence-corrected chi connectivity index (χ0v) is 17.3. The number of imidazole rings is 1. The molecular formula is C18H26MnN4O6-2. The molecule has 1 heterocycles. The Labute approximate surface area is 180 Å². The van der Waals surface area contributed by atoms with Gasteiger partial charge in [0.2, 0.25) is 0 Å². The molecule has 1 aliphatic rings. The second kappa shape index (κ2) is 12.6. The van der Waals surface area contributed by atoms with Gasteiger partial charge in [-0.25, -0.2) is 4.98 Å². The van der Waals surface area contributed by atoms with Crippen molar-refractivity contribution < 1.29 is 46.0 Å². The Balaban J connectivity index is 0.00000420. The fraction of sp³-hybridized carbons (Fsp3) is 0.556. The molecule has 2 N–H and O–H groups in total. The number of aromatic amines is 1. The van der Waals surface area contributed by atoms with Crippen LogP contribution < -0.4 is 0 Å². The smallest absolute Gasteiger partial charge is 0.317 e. The second-order valence-corrected chi connectivity index (χ2v) is 6.69. The molecule has 0 aromatic carbocycles. The number of hydrogen-bond donors (Lipinski definition) is 2. The maximum Gasteiger partial charge on any atom is 0.317 e. The number of hydrogen-bond acceptors (Lipinski definition) is 8. The molecule has 29 heavy (non-hydrogen) atoms. The van der Waals surface area contributed by atoms with Gasteiger partial charge in [0.05, 0.1) is 26.2 Å². The van der Waals surface area contributed by atoms with Crippen LogP contribution in [0.1, 0.15) is 31.5 Å². The number of rotatable bonds is 10. The van der Waals surface area contributed by atoms with Gasteiger partial charge in [0.1, 0.15) is 5.82 Å². The van der Waals surface area contributed by atoms with E-state index in [0.717, 1.165) is 19.3 Å². The minimum atomic E-state index is -1.05. The molecule has 0 bridgehead atoms. The van der Waals surface area contributed by atoms with Crippen LogP contribution in [0.4, 0.5) is 0 Å². The maximum absolute atomic E-state index is 11.9. The summed E-state index contributed by atoms with van der Waals surface area (Å²) in [5.41, 5.74) is 0. The molecule has 0 amide bonds. The molecule has 0 saturated heterocycles. The van der Waals surface area contributed by atoms with Crippen molar-refractivity contribution in [2.24, 2.45) is 0 Å². The van der Waals surface area contributed by atoms with Crippen LogP contribution in [0.5, 0.6) is 0 Å². The number of H-pyrrole nitrogens is 1. The fourth-order valence-corrected chi connectivity index (χ4v) is 3.70. The Morgan fingerprint density at radius 1 is 1.07 bits per heavy atom. The van der Waals surface area contributed by atoms with Crippen molar-refractivity contribution in [1.82, 2.24) is 19.8 Å². The number of carbonyl (C=O) groups is 3. The first kappa shape index (κ1) is 25.1. The van der Waals surface area contributed by atoms with Gasteiger partial charge in [0, 0.05) is 41.5 Å². The second-order valence-electron chi connectivity index (χ2n) is 6.69. The van der Waals surface area contributed by atoms with E-state index in [2.05, 4.69) is 33.7 Å². The zero-order valence-electron chi connectivity index (χ0n) is 16.1. The van der Waals surface area contributed by atoms with Crippen LogP contribution in [-0.2, 0) is 47.5 Å². The summed E-state index contributed by atoms with van der Waals surface area (Å²) in [5, 5.41) is 9.30. The number of ether oxygens (including phenoxy) is 2. The topological polar surface area (TPSA) is 125 Å². The molecule has 1 aromatic heterocycles. The van der Waals surface area contributed by atoms with Crippen LogP contribution in [0.15, 0.2) is 12.4 Å². The third-order valence-electron chi connectivity index (χ3n) is 4.86. The Hall–Kier alpha value is -1.94. The third-order valence-corrected chi connectivity index (χ3v) is 4.86. The summed E-state index contributed by atoms with van der Waals surface area (Å²) >= 11 is 0. The van der Waals surface area contributed by atoms with Crippen LogP contribution in [0.3, 0.4) is 0 Å². The first-order valence-corrected chi connectivity index (χ1v) is 9.02. The Bertz CT molecular complexity index is 657. The third kappa shape index (κ3) is 7.77. The van der Waals surface area contributed by atoms with Crippen molar-refractivity contribution in [2.75, 3.05) is 19.6 Å². The zero-order chi connectivity index (χ0) is 20.5. The van der Waals surface area contributed by atoms with Gasteiger partial charge in [-0.15, -0.1) is 0 Å². The van der Waals surface area contributed by atoms with Crippen molar-refractivity contribution in [3.05, 3.63) is 32.4 Å². The van der Waals surface area contributed by atoms with Crippen molar-refractivity contribution in [2.45, 2.75) is 44.3 Å². The first-order valence-electron chi connectivity index (χ1n) is 9.02. The molecule has 1 aliphatic carbocycles. The summed E-state index contributed by atoms with van der Waals surface area (Å²) in [7, 11) is 6.27. The first-order chi connectivity index (χ1) is 13.4. The molecular weight excluding hydrogens is 423 g/mol. The SMILES string of the molecule is [CH2-]OC(=O)CN(CC(=O)O)C1CCCC[C@@H]1N(CC(=O)O[CH2-])Cc1ncc[nH]1.[Mn]. The fourth-order valence-electron chi connectivity index (χ4n) is 3.70. The molecule has 10 nitrogen and oxygen atoms in total. The molecule has 0 spiro atoms. The number of carboxylic acid groups (broad SMARTS) is 1. The summed E-state index contributed by atoms with van der Waals surface area (Å²) in [4.78, 5) is 45.7. The van der Waals surface area contributed by atoms with E-state index in [-0.39, 0.29) is 48.8 Å². The minimum Gasteiger partial charge on any atom is -0.639 e. The predicted molar refractivity (Wildman–Crippen MR) is 97.1 cm³/mol. The molecule has 1 saturated carbocycles. The van der Waals surface area contributed by atoms with E-state index in [0.29, 0.717) is 18.8 Å². The summed E-state index contributed by atoms with van der Waals surface area (Å²) < 4.78 is 9.06. The number of aliphatic carboxylic acids is 1. The number of carbonyl (C=O) groups excluding carboxylic acids is 2. The van der Waals surface area contributed by atoms with Crippen molar-refractivity contribution in [3.63, 3.8) is 0 Å². The largest absolute Gasteiger partial charge is 0.639 e. The van der Waals surface area contributed by atoms with Crippen molar-refractivity contribution >= 4 is 17.9 Å². The Morgan fingerprint density at radius 2 is 1.62 bits per heavy atom. The van der Waals surface area contributed by atoms with E-state index in [1.165, 1.54) is 0 Å². The molecule has 0 aliphatic heterocycles. The van der Waals surface area contributed by atoms with Gasteiger partial charge >= 0.3 is 5.97 Å². The van der Waals surface area contributed by atoms with Gasteiger partial charge in [-0.2, -0.15) is 14.2 Å². The quantitative estimate of drug-likeness (QED) is 0.300. The maximum atomic E-state index is 11.9. The van der Waals surface area contributed by atoms with E-state index in [1.54, 1.807) is 17.3 Å². The van der Waals surface area contributed by atoms with Crippen LogP contribution in [-0.4, -0.2) is 74.5 Å². The number of nitrogens with zero attached hydrogens (tertiary/aromatic N) is 3. The normalized spacial score (nSPS) is 18.9. The molecule has 1 aromatic rings. The van der Waals surface area contributed by atoms with Crippen molar-refractivity contribution in [1.29, 1.82) is 0 Å². The standard InChI is InChI=1S/C18H26N4O6.Mn/c1-27-17(25)11-21(9-15-19-7-8-20-15)13-5-3-4-6-14(13)22(10-16(23)24)12-18(26)28-2;/h7-8,13-14H,1-6,9-12H2,(H,19,20)(H,23,24);/q-2;/t13-,14?;/m0./s1. The van der Waals surface area contributed by atoms with Gasteiger partial charge in [-0.3, -0.25) is 24.2 Å². The summed E-state index contributed by atoms with van der Waals surface area (Å²) in [5.74, 6) is -1.49. The molecule has 11 heteroatoms. The van der Waals surface area contributed by atoms with E-state index in [1.807, 2.05) is 4.90 Å².